The van der Waals surface area contributed by atoms with Gasteiger partial charge in [0.05, 0.1) is 23.0 Å². The van der Waals surface area contributed by atoms with E-state index in [0.29, 0.717) is 0 Å². The van der Waals surface area contributed by atoms with Crippen LogP contribution in [0.1, 0.15) is 82.1 Å². The van der Waals surface area contributed by atoms with Gasteiger partial charge in [-0.3, -0.25) is 28.8 Å². The van der Waals surface area contributed by atoms with Crippen molar-refractivity contribution in [3.05, 3.63) is 11.1 Å². The van der Waals surface area contributed by atoms with Crippen LogP contribution in [0.2, 0.25) is 0 Å². The fourth-order valence-corrected chi connectivity index (χ4v) is 8.33. The number of fused-ring (bicyclic) bond motifs is 2. The van der Waals surface area contributed by atoms with Crippen LogP contribution in [-0.4, -0.2) is 106 Å². The number of esters is 6. The van der Waals surface area contributed by atoms with E-state index < -0.39 is 113 Å². The first-order valence-electron chi connectivity index (χ1n) is 15.3. The van der Waals surface area contributed by atoms with Gasteiger partial charge in [-0.2, -0.15) is 0 Å². The smallest absolute Gasteiger partial charge is 0.303 e. The summed E-state index contributed by atoms with van der Waals surface area (Å²) in [4.78, 5) is 76.1. The Bertz CT molecular complexity index is 1350. The van der Waals surface area contributed by atoms with E-state index in [1.54, 1.807) is 6.92 Å². The number of aliphatic hydroxyl groups excluding tert-OH is 1. The van der Waals surface area contributed by atoms with Crippen LogP contribution < -0.4 is 0 Å². The Morgan fingerprint density at radius 3 is 1.62 bits per heavy atom. The van der Waals surface area contributed by atoms with Gasteiger partial charge in [-0.25, -0.2) is 0 Å². The van der Waals surface area contributed by atoms with E-state index in [9.17, 15) is 44.1 Å². The third-order valence-electron chi connectivity index (χ3n) is 9.89. The van der Waals surface area contributed by atoms with Gasteiger partial charge in [0.25, 0.3) is 0 Å². The number of ether oxygens (including phenoxy) is 6. The summed E-state index contributed by atoms with van der Waals surface area (Å²) in [6.07, 6.45) is -9.89. The molecule has 0 bridgehead atoms. The number of rotatable bonds is 8. The molecule has 0 aromatic rings. The Balaban J connectivity index is 2.70. The zero-order chi connectivity index (χ0) is 36.0. The minimum absolute atomic E-state index is 0.0606. The van der Waals surface area contributed by atoms with Crippen LogP contribution in [0.5, 0.6) is 0 Å². The maximum atomic E-state index is 13.0. The number of hydrogen-bond acceptors (Lipinski definition) is 15. The van der Waals surface area contributed by atoms with Crippen LogP contribution >= 0.6 is 0 Å². The van der Waals surface area contributed by atoms with Crippen LogP contribution in [0.25, 0.3) is 0 Å². The largest absolute Gasteiger partial charge is 0.462 e. The van der Waals surface area contributed by atoms with Crippen molar-refractivity contribution in [3.63, 3.8) is 0 Å². The van der Waals surface area contributed by atoms with E-state index in [1.807, 2.05) is 0 Å². The Morgan fingerprint density at radius 1 is 0.745 bits per heavy atom. The summed E-state index contributed by atoms with van der Waals surface area (Å²) in [5, 5.41) is 35.8. The van der Waals surface area contributed by atoms with E-state index >= 15 is 0 Å². The topological polar surface area (TPSA) is 218 Å². The molecule has 0 heterocycles. The van der Waals surface area contributed by atoms with Gasteiger partial charge in [0, 0.05) is 60.3 Å². The number of carbonyl (C=O) groups is 6. The Labute approximate surface area is 272 Å². The van der Waals surface area contributed by atoms with Crippen LogP contribution in [0.4, 0.5) is 0 Å². The molecule has 0 aliphatic heterocycles. The third kappa shape index (κ3) is 6.49. The molecule has 0 amide bonds. The first kappa shape index (κ1) is 37.9. The summed E-state index contributed by atoms with van der Waals surface area (Å²) in [5.74, 6) is -6.79. The van der Waals surface area contributed by atoms with Crippen LogP contribution in [0.3, 0.4) is 0 Å². The van der Waals surface area contributed by atoms with Crippen molar-refractivity contribution in [3.8, 4) is 0 Å². The van der Waals surface area contributed by atoms with Crippen molar-refractivity contribution in [2.24, 2.45) is 16.7 Å². The summed E-state index contributed by atoms with van der Waals surface area (Å²) < 4.78 is 34.8. The molecule has 0 radical (unpaired) electrons. The molecule has 0 aromatic heterocycles. The molecule has 2 saturated carbocycles. The van der Waals surface area contributed by atoms with E-state index in [4.69, 9.17) is 28.4 Å². The molecule has 3 N–H and O–H groups in total. The van der Waals surface area contributed by atoms with Crippen LogP contribution in [0, 0.1) is 16.7 Å². The molecule has 0 unspecified atom stereocenters. The van der Waals surface area contributed by atoms with Crippen molar-refractivity contribution >= 4 is 35.8 Å². The maximum Gasteiger partial charge on any atom is 0.303 e. The fraction of sp³-hybridized carbons (Fsp3) is 0.750. The minimum Gasteiger partial charge on any atom is -0.462 e. The highest BCUT2D eigenvalue weighted by Gasteiger charge is 2.78. The molecule has 264 valence electrons. The lowest BCUT2D eigenvalue weighted by Crippen LogP contribution is -2.74. The van der Waals surface area contributed by atoms with Gasteiger partial charge >= 0.3 is 35.8 Å². The molecule has 0 saturated heterocycles. The monoisotopic (exact) mass is 670 g/mol. The van der Waals surface area contributed by atoms with E-state index in [0.717, 1.165) is 41.5 Å². The van der Waals surface area contributed by atoms with E-state index in [2.05, 4.69) is 0 Å². The molecule has 0 aromatic carbocycles. The first-order valence-corrected chi connectivity index (χ1v) is 15.3. The predicted octanol–water partition coefficient (Wildman–Crippen LogP) is 0.817. The van der Waals surface area contributed by atoms with Gasteiger partial charge in [-0.1, -0.05) is 6.92 Å². The van der Waals surface area contributed by atoms with Crippen LogP contribution in [0.15, 0.2) is 11.1 Å². The average molecular weight is 671 g/mol. The summed E-state index contributed by atoms with van der Waals surface area (Å²) in [6.45, 7) is 11.1. The first-order chi connectivity index (χ1) is 21.5. The summed E-state index contributed by atoms with van der Waals surface area (Å²) in [6, 6.07) is 0. The normalized spacial score (nSPS) is 36.6. The summed E-state index contributed by atoms with van der Waals surface area (Å²) in [7, 11) is 0. The molecule has 3 aliphatic carbocycles. The number of hydrogen-bond donors (Lipinski definition) is 3. The molecule has 3 rings (SSSR count). The lowest BCUT2D eigenvalue weighted by molar-refractivity contribution is -0.294. The molecule has 0 spiro atoms. The van der Waals surface area contributed by atoms with Crippen molar-refractivity contribution in [1.29, 1.82) is 0 Å². The van der Waals surface area contributed by atoms with Crippen molar-refractivity contribution in [1.82, 2.24) is 0 Å². The van der Waals surface area contributed by atoms with Gasteiger partial charge in [-0.05, 0) is 31.9 Å². The lowest BCUT2D eigenvalue weighted by atomic mass is 9.50. The lowest BCUT2D eigenvalue weighted by Gasteiger charge is -2.60. The summed E-state index contributed by atoms with van der Waals surface area (Å²) in [5.41, 5.74) is -8.05. The zero-order valence-electron chi connectivity index (χ0n) is 28.4. The van der Waals surface area contributed by atoms with Gasteiger partial charge in [-0.15, -0.1) is 0 Å². The second-order valence-electron chi connectivity index (χ2n) is 13.4. The van der Waals surface area contributed by atoms with Crippen molar-refractivity contribution in [2.45, 2.75) is 130 Å². The standard InChI is InChI=1S/C32H46O15/c1-14-21(42-15(2)34)12-31(29(8,9)40)24(14)25(45-18(5)37)27(46-19(6)38)30(10)22(43-16(3)35)11-23(44-17(4)36)32(41,13-33)26(30)28(31)47-20(7)39/h21-23,25-28,33,40-41H,11-13H2,1-10H3/t21-,22-,23-,25+,26-,27-,28-,30+,31-,32-/m0/s1. The van der Waals surface area contributed by atoms with Gasteiger partial charge in [0.15, 0.2) is 12.2 Å². The van der Waals surface area contributed by atoms with Gasteiger partial charge < -0.3 is 43.7 Å². The highest BCUT2D eigenvalue weighted by atomic mass is 16.6. The molecule has 10 atom stereocenters. The Kier molecular flexibility index (Phi) is 10.6. The molecule has 15 heteroatoms. The molecular formula is C32H46O15. The second kappa shape index (κ2) is 13.2. The Hall–Kier alpha value is -3.56. The zero-order valence-corrected chi connectivity index (χ0v) is 28.4. The quantitative estimate of drug-likeness (QED) is 0.185. The third-order valence-corrected chi connectivity index (χ3v) is 9.89. The number of aliphatic hydroxyl groups is 3. The highest BCUT2D eigenvalue weighted by Crippen LogP contribution is 2.67. The minimum atomic E-state index is -2.54. The maximum absolute atomic E-state index is 13.0. The van der Waals surface area contributed by atoms with Crippen molar-refractivity contribution in [2.75, 3.05) is 6.61 Å². The predicted molar refractivity (Wildman–Crippen MR) is 158 cm³/mol. The van der Waals surface area contributed by atoms with E-state index in [-0.39, 0.29) is 17.6 Å². The summed E-state index contributed by atoms with van der Waals surface area (Å²) >= 11 is 0. The molecule has 2 fully saturated rings. The fourth-order valence-electron chi connectivity index (χ4n) is 8.33. The molecule has 47 heavy (non-hydrogen) atoms. The molecule has 3 aliphatic rings. The Morgan fingerprint density at radius 2 is 1.19 bits per heavy atom. The highest BCUT2D eigenvalue weighted by molar-refractivity contribution is 5.71. The number of carbonyl (C=O) groups excluding carboxylic acids is 6. The second-order valence-corrected chi connectivity index (χ2v) is 13.4. The SMILES string of the molecule is CC(=O)O[C@H]1C[C@]2(C(C)(C)O)C(=C1C)[C@@H](OC(C)=O)[C@H](OC(C)=O)[C@]1(C)[C@@H](OC(C)=O)C[C@H](OC(C)=O)[C@@](O)(CO)[C@H]1[C@@H]2OC(C)=O. The van der Waals surface area contributed by atoms with Crippen molar-refractivity contribution < 1.29 is 72.5 Å². The van der Waals surface area contributed by atoms with Crippen LogP contribution in [-0.2, 0) is 57.2 Å². The van der Waals surface area contributed by atoms with Gasteiger partial charge in [0.1, 0.15) is 30.0 Å². The molecule has 15 nitrogen and oxygen atoms in total. The van der Waals surface area contributed by atoms with Gasteiger partial charge in [0.2, 0.25) is 0 Å². The van der Waals surface area contributed by atoms with E-state index in [1.165, 1.54) is 20.8 Å². The average Bonchev–Trinajstić information content (AvgIpc) is 3.15. The molecular weight excluding hydrogens is 624 g/mol.